The number of benzene rings is 1. The molecule has 0 bridgehead atoms. The van der Waals surface area contributed by atoms with Crippen LogP contribution in [0.3, 0.4) is 0 Å². The van der Waals surface area contributed by atoms with Crippen LogP contribution in [0.1, 0.15) is 37.8 Å². The van der Waals surface area contributed by atoms with Crippen LogP contribution in [0, 0.1) is 11.7 Å². The Morgan fingerprint density at radius 2 is 2.27 bits per heavy atom. The topological polar surface area (TPSA) is 12.0 Å². The van der Waals surface area contributed by atoms with Gasteiger partial charge < -0.3 is 5.32 Å². The molecule has 1 aromatic rings. The largest absolute Gasteiger partial charge is 0.310 e. The predicted octanol–water partition coefficient (Wildman–Crippen LogP) is 3.28. The van der Waals surface area contributed by atoms with Gasteiger partial charge in [0.2, 0.25) is 0 Å². The van der Waals surface area contributed by atoms with Crippen molar-refractivity contribution in [3.63, 3.8) is 0 Å². The fourth-order valence-corrected chi connectivity index (χ4v) is 1.99. The van der Waals surface area contributed by atoms with Crippen molar-refractivity contribution >= 4 is 0 Å². The molecule has 1 saturated carbocycles. The summed E-state index contributed by atoms with van der Waals surface area (Å²) in [6.45, 7) is 3.17. The number of halogens is 1. The van der Waals surface area contributed by atoms with Gasteiger partial charge >= 0.3 is 0 Å². The average molecular weight is 207 g/mol. The quantitative estimate of drug-likeness (QED) is 0.781. The highest BCUT2D eigenvalue weighted by atomic mass is 19.1. The van der Waals surface area contributed by atoms with Crippen LogP contribution in [0.25, 0.3) is 0 Å². The second-order valence-electron chi connectivity index (χ2n) is 4.32. The molecule has 0 saturated heterocycles. The maximum absolute atomic E-state index is 13.1. The molecule has 1 aromatic carbocycles. The highest BCUT2D eigenvalue weighted by Crippen LogP contribution is 2.40. The van der Waals surface area contributed by atoms with E-state index in [2.05, 4.69) is 12.2 Å². The number of hydrogen-bond acceptors (Lipinski definition) is 1. The number of rotatable bonds is 5. The molecular weight excluding hydrogens is 189 g/mol. The molecule has 0 amide bonds. The van der Waals surface area contributed by atoms with E-state index in [0.717, 1.165) is 24.4 Å². The van der Waals surface area contributed by atoms with Gasteiger partial charge in [0.25, 0.3) is 0 Å². The highest BCUT2D eigenvalue weighted by Gasteiger charge is 2.31. The molecule has 1 aliphatic rings. The summed E-state index contributed by atoms with van der Waals surface area (Å²) < 4.78 is 13.1. The first-order valence-electron chi connectivity index (χ1n) is 5.80. The Morgan fingerprint density at radius 3 is 2.87 bits per heavy atom. The summed E-state index contributed by atoms with van der Waals surface area (Å²) >= 11 is 0. The SMILES string of the molecule is CCCNC(c1cccc(F)c1)C1CC1. The van der Waals surface area contributed by atoms with E-state index in [1.54, 1.807) is 12.1 Å². The monoisotopic (exact) mass is 207 g/mol. The van der Waals surface area contributed by atoms with E-state index in [-0.39, 0.29) is 5.82 Å². The van der Waals surface area contributed by atoms with Gasteiger partial charge in [-0.1, -0.05) is 19.1 Å². The first kappa shape index (κ1) is 10.6. The Balaban J connectivity index is 2.09. The summed E-state index contributed by atoms with van der Waals surface area (Å²) in [5.41, 5.74) is 1.10. The lowest BCUT2D eigenvalue weighted by atomic mass is 10.0. The van der Waals surface area contributed by atoms with Crippen molar-refractivity contribution in [1.82, 2.24) is 5.32 Å². The molecule has 1 atom stereocenters. The molecule has 0 heterocycles. The molecule has 0 aromatic heterocycles. The van der Waals surface area contributed by atoms with Crippen molar-refractivity contribution in [2.24, 2.45) is 5.92 Å². The van der Waals surface area contributed by atoms with Gasteiger partial charge in [-0.25, -0.2) is 4.39 Å². The fraction of sp³-hybridized carbons (Fsp3) is 0.538. The van der Waals surface area contributed by atoms with Crippen molar-refractivity contribution in [1.29, 1.82) is 0 Å². The Morgan fingerprint density at radius 1 is 1.47 bits per heavy atom. The third-order valence-electron chi connectivity index (χ3n) is 2.92. The van der Waals surface area contributed by atoms with Crippen LogP contribution < -0.4 is 5.32 Å². The van der Waals surface area contributed by atoms with Crippen LogP contribution in [-0.2, 0) is 0 Å². The molecule has 2 rings (SSSR count). The minimum atomic E-state index is -0.128. The zero-order valence-electron chi connectivity index (χ0n) is 9.17. The zero-order valence-corrected chi connectivity index (χ0v) is 9.17. The standard InChI is InChI=1S/C13H18FN/c1-2-8-15-13(10-6-7-10)11-4-3-5-12(14)9-11/h3-5,9-10,13,15H,2,6-8H2,1H3. The van der Waals surface area contributed by atoms with Crippen LogP contribution in [0.2, 0.25) is 0 Å². The van der Waals surface area contributed by atoms with Gasteiger partial charge in [0.1, 0.15) is 5.82 Å². The molecule has 2 heteroatoms. The second-order valence-corrected chi connectivity index (χ2v) is 4.32. The summed E-state index contributed by atoms with van der Waals surface area (Å²) in [5.74, 6) is 0.592. The Hall–Kier alpha value is -0.890. The molecule has 1 aliphatic carbocycles. The van der Waals surface area contributed by atoms with Crippen molar-refractivity contribution in [2.45, 2.75) is 32.2 Å². The first-order chi connectivity index (χ1) is 7.31. The van der Waals surface area contributed by atoms with E-state index in [1.807, 2.05) is 6.07 Å². The molecule has 1 unspecified atom stereocenters. The lowest BCUT2D eigenvalue weighted by Crippen LogP contribution is -2.23. The summed E-state index contributed by atoms with van der Waals surface area (Å²) in [7, 11) is 0. The van der Waals surface area contributed by atoms with E-state index in [4.69, 9.17) is 0 Å². The van der Waals surface area contributed by atoms with Crippen molar-refractivity contribution in [3.8, 4) is 0 Å². The third kappa shape index (κ3) is 2.78. The smallest absolute Gasteiger partial charge is 0.123 e. The maximum atomic E-state index is 13.1. The van der Waals surface area contributed by atoms with Crippen LogP contribution in [-0.4, -0.2) is 6.54 Å². The van der Waals surface area contributed by atoms with Crippen molar-refractivity contribution < 1.29 is 4.39 Å². The van der Waals surface area contributed by atoms with Crippen LogP contribution in [0.5, 0.6) is 0 Å². The van der Waals surface area contributed by atoms with E-state index in [1.165, 1.54) is 18.9 Å². The molecular formula is C13H18FN. The molecule has 1 nitrogen and oxygen atoms in total. The van der Waals surface area contributed by atoms with Gasteiger partial charge in [-0.05, 0) is 49.4 Å². The highest BCUT2D eigenvalue weighted by molar-refractivity contribution is 5.22. The summed E-state index contributed by atoms with van der Waals surface area (Å²) in [6.07, 6.45) is 3.67. The van der Waals surface area contributed by atoms with Crippen LogP contribution >= 0.6 is 0 Å². The minimum absolute atomic E-state index is 0.128. The number of hydrogen-bond donors (Lipinski definition) is 1. The minimum Gasteiger partial charge on any atom is -0.310 e. The van der Waals surface area contributed by atoms with E-state index < -0.39 is 0 Å². The maximum Gasteiger partial charge on any atom is 0.123 e. The molecule has 0 aliphatic heterocycles. The van der Waals surface area contributed by atoms with E-state index in [9.17, 15) is 4.39 Å². The van der Waals surface area contributed by atoms with Gasteiger partial charge in [-0.15, -0.1) is 0 Å². The Bertz CT molecular complexity index is 320. The predicted molar refractivity (Wildman–Crippen MR) is 60.2 cm³/mol. The van der Waals surface area contributed by atoms with Gasteiger partial charge in [-0.2, -0.15) is 0 Å². The number of nitrogens with one attached hydrogen (secondary N) is 1. The molecule has 1 N–H and O–H groups in total. The van der Waals surface area contributed by atoms with E-state index >= 15 is 0 Å². The van der Waals surface area contributed by atoms with Gasteiger partial charge in [0.05, 0.1) is 0 Å². The van der Waals surface area contributed by atoms with Crippen molar-refractivity contribution in [2.75, 3.05) is 6.54 Å². The first-order valence-corrected chi connectivity index (χ1v) is 5.80. The lowest BCUT2D eigenvalue weighted by Gasteiger charge is -2.18. The average Bonchev–Trinajstić information content (AvgIpc) is 3.03. The van der Waals surface area contributed by atoms with Gasteiger partial charge in [0.15, 0.2) is 0 Å². The summed E-state index contributed by atoms with van der Waals surface area (Å²) in [4.78, 5) is 0. The van der Waals surface area contributed by atoms with Crippen LogP contribution in [0.15, 0.2) is 24.3 Å². The lowest BCUT2D eigenvalue weighted by molar-refractivity contribution is 0.478. The third-order valence-corrected chi connectivity index (χ3v) is 2.92. The molecule has 15 heavy (non-hydrogen) atoms. The summed E-state index contributed by atoms with van der Waals surface area (Å²) in [5, 5.41) is 3.51. The van der Waals surface area contributed by atoms with Gasteiger partial charge in [0, 0.05) is 6.04 Å². The normalized spacial score (nSPS) is 17.7. The van der Waals surface area contributed by atoms with E-state index in [0.29, 0.717) is 6.04 Å². The molecule has 0 radical (unpaired) electrons. The fourth-order valence-electron chi connectivity index (χ4n) is 1.99. The Kier molecular flexibility index (Phi) is 3.37. The molecule has 1 fully saturated rings. The molecule has 82 valence electrons. The molecule has 0 spiro atoms. The second kappa shape index (κ2) is 4.75. The van der Waals surface area contributed by atoms with Crippen molar-refractivity contribution in [3.05, 3.63) is 35.6 Å². The summed E-state index contributed by atoms with van der Waals surface area (Å²) in [6, 6.07) is 7.35. The zero-order chi connectivity index (χ0) is 10.7. The van der Waals surface area contributed by atoms with Gasteiger partial charge in [-0.3, -0.25) is 0 Å². The van der Waals surface area contributed by atoms with Crippen LogP contribution in [0.4, 0.5) is 4.39 Å². The Labute approximate surface area is 90.7 Å².